The molecule has 2 aromatic carbocycles. The van der Waals surface area contributed by atoms with E-state index in [0.29, 0.717) is 6.07 Å². The molecule has 0 aliphatic rings. The fourth-order valence-corrected chi connectivity index (χ4v) is 2.35. The molecule has 0 aromatic heterocycles. The molecule has 6 heteroatoms. The Morgan fingerprint density at radius 3 is 2.40 bits per heavy atom. The van der Waals surface area contributed by atoms with Crippen molar-refractivity contribution in [2.45, 2.75) is 4.90 Å². The lowest BCUT2D eigenvalue weighted by molar-refractivity contribution is 0.101. The fraction of sp³-hybridized carbons (Fsp3) is 0.0714. The Kier molecular flexibility index (Phi) is 4.34. The number of halogens is 3. The smallest absolute Gasteiger partial charge is 0.176 e. The quantitative estimate of drug-likeness (QED) is 0.689. The van der Waals surface area contributed by atoms with E-state index in [0.717, 1.165) is 36.0 Å². The summed E-state index contributed by atoms with van der Waals surface area (Å²) in [4.78, 5) is 11.9. The molecule has 20 heavy (non-hydrogen) atoms. The highest BCUT2D eigenvalue weighted by atomic mass is 32.2. The molecule has 0 bridgehead atoms. The molecule has 0 atom stereocenters. The van der Waals surface area contributed by atoms with Gasteiger partial charge in [-0.3, -0.25) is 4.79 Å². The van der Waals surface area contributed by atoms with Gasteiger partial charge >= 0.3 is 0 Å². The van der Waals surface area contributed by atoms with E-state index in [-0.39, 0.29) is 22.0 Å². The van der Waals surface area contributed by atoms with Crippen molar-refractivity contribution in [3.05, 3.63) is 59.4 Å². The number of rotatable bonds is 4. The minimum atomic E-state index is -0.772. The van der Waals surface area contributed by atoms with Crippen LogP contribution in [0.1, 0.15) is 10.4 Å². The number of ketones is 1. The standard InChI is InChI=1S/C14H9F3O2S/c15-8-1-3-12(18)10(5-8)13(19)7-20-14-4-2-9(16)6-11(14)17/h1-6,18H,7H2. The zero-order valence-electron chi connectivity index (χ0n) is 10.1. The van der Waals surface area contributed by atoms with E-state index < -0.39 is 23.2 Å². The maximum atomic E-state index is 13.4. The molecule has 104 valence electrons. The van der Waals surface area contributed by atoms with Gasteiger partial charge < -0.3 is 5.11 Å². The van der Waals surface area contributed by atoms with Crippen molar-refractivity contribution in [2.75, 3.05) is 5.75 Å². The second kappa shape index (κ2) is 6.00. The van der Waals surface area contributed by atoms with E-state index in [2.05, 4.69) is 0 Å². The van der Waals surface area contributed by atoms with Crippen molar-refractivity contribution in [3.8, 4) is 5.75 Å². The third-order valence-electron chi connectivity index (χ3n) is 2.51. The predicted molar refractivity (Wildman–Crippen MR) is 69.5 cm³/mol. The lowest BCUT2D eigenvalue weighted by Gasteiger charge is -2.05. The summed E-state index contributed by atoms with van der Waals surface area (Å²) in [5.74, 6) is -3.21. The van der Waals surface area contributed by atoms with Crippen LogP contribution >= 0.6 is 11.8 Å². The van der Waals surface area contributed by atoms with Crippen LogP contribution in [0.3, 0.4) is 0 Å². The zero-order valence-corrected chi connectivity index (χ0v) is 10.9. The van der Waals surface area contributed by atoms with Crippen molar-refractivity contribution < 1.29 is 23.1 Å². The third kappa shape index (κ3) is 3.33. The van der Waals surface area contributed by atoms with Gasteiger partial charge in [-0.15, -0.1) is 11.8 Å². The maximum Gasteiger partial charge on any atom is 0.176 e. The Hall–Kier alpha value is -1.95. The summed E-state index contributed by atoms with van der Waals surface area (Å²) in [6.45, 7) is 0. The van der Waals surface area contributed by atoms with E-state index in [1.165, 1.54) is 6.07 Å². The fourth-order valence-electron chi connectivity index (χ4n) is 1.54. The third-order valence-corrected chi connectivity index (χ3v) is 3.56. The van der Waals surface area contributed by atoms with Gasteiger partial charge in [-0.1, -0.05) is 0 Å². The van der Waals surface area contributed by atoms with E-state index in [1.807, 2.05) is 0 Å². The molecule has 0 spiro atoms. The van der Waals surface area contributed by atoms with Crippen molar-refractivity contribution in [3.63, 3.8) is 0 Å². The van der Waals surface area contributed by atoms with Crippen molar-refractivity contribution in [1.29, 1.82) is 0 Å². The van der Waals surface area contributed by atoms with Gasteiger partial charge in [-0.05, 0) is 30.3 Å². The molecule has 0 amide bonds. The molecule has 2 nitrogen and oxygen atoms in total. The lowest BCUT2D eigenvalue weighted by Crippen LogP contribution is -2.03. The first-order valence-corrected chi connectivity index (χ1v) is 6.55. The predicted octanol–water partition coefficient (Wildman–Crippen LogP) is 3.78. The number of Topliss-reactive ketones (excluding diaryl/α,β-unsaturated/α-hetero) is 1. The zero-order chi connectivity index (χ0) is 14.7. The Bertz CT molecular complexity index is 659. The van der Waals surface area contributed by atoms with Gasteiger partial charge in [0.2, 0.25) is 0 Å². The molecule has 0 radical (unpaired) electrons. The van der Waals surface area contributed by atoms with Crippen LogP contribution in [-0.4, -0.2) is 16.6 Å². The highest BCUT2D eigenvalue weighted by molar-refractivity contribution is 8.00. The summed E-state index contributed by atoms with van der Waals surface area (Å²) in [6.07, 6.45) is 0. The van der Waals surface area contributed by atoms with Crippen LogP contribution in [-0.2, 0) is 0 Å². The number of hydrogen-bond donors (Lipinski definition) is 1. The second-order valence-corrected chi connectivity index (χ2v) is 4.97. The summed E-state index contributed by atoms with van der Waals surface area (Å²) in [6, 6.07) is 6.03. The number of phenolic OH excluding ortho intramolecular Hbond substituents is 1. The van der Waals surface area contributed by atoms with E-state index in [1.54, 1.807) is 0 Å². The van der Waals surface area contributed by atoms with E-state index in [9.17, 15) is 23.1 Å². The minimum Gasteiger partial charge on any atom is -0.507 e. The average Bonchev–Trinajstić information content (AvgIpc) is 2.40. The summed E-state index contributed by atoms with van der Waals surface area (Å²) >= 11 is 0.848. The van der Waals surface area contributed by atoms with Gasteiger partial charge in [-0.2, -0.15) is 0 Å². The number of aromatic hydroxyl groups is 1. The molecule has 0 saturated heterocycles. The van der Waals surface area contributed by atoms with Crippen LogP contribution in [0.25, 0.3) is 0 Å². The summed E-state index contributed by atoms with van der Waals surface area (Å²) in [5.41, 5.74) is -0.167. The van der Waals surface area contributed by atoms with Crippen molar-refractivity contribution in [2.24, 2.45) is 0 Å². The number of carbonyl (C=O) groups is 1. The van der Waals surface area contributed by atoms with Gasteiger partial charge in [0.05, 0.1) is 11.3 Å². The van der Waals surface area contributed by atoms with Crippen molar-refractivity contribution in [1.82, 2.24) is 0 Å². The summed E-state index contributed by atoms with van der Waals surface area (Å²) in [7, 11) is 0. The highest BCUT2D eigenvalue weighted by Crippen LogP contribution is 2.25. The maximum absolute atomic E-state index is 13.4. The van der Waals surface area contributed by atoms with Gasteiger partial charge in [0.1, 0.15) is 23.2 Å². The van der Waals surface area contributed by atoms with Gasteiger partial charge in [0, 0.05) is 11.0 Å². The average molecular weight is 298 g/mol. The SMILES string of the molecule is O=C(CSc1ccc(F)cc1F)c1cc(F)ccc1O. The first-order chi connectivity index (χ1) is 9.47. The number of phenols is 1. The van der Waals surface area contributed by atoms with Crippen LogP contribution in [0.2, 0.25) is 0 Å². The minimum absolute atomic E-state index is 0.107. The molecule has 0 unspecified atom stereocenters. The van der Waals surface area contributed by atoms with Gasteiger partial charge in [0.15, 0.2) is 5.78 Å². The first kappa shape index (κ1) is 14.5. The Balaban J connectivity index is 2.10. The molecule has 0 aliphatic carbocycles. The summed E-state index contributed by atoms with van der Waals surface area (Å²) < 4.78 is 39.1. The molecule has 2 rings (SSSR count). The van der Waals surface area contributed by atoms with E-state index >= 15 is 0 Å². The molecule has 0 fully saturated rings. The molecule has 0 aliphatic heterocycles. The normalized spacial score (nSPS) is 10.6. The van der Waals surface area contributed by atoms with Crippen LogP contribution in [0.15, 0.2) is 41.3 Å². The Labute approximate surface area is 117 Å². The lowest BCUT2D eigenvalue weighted by atomic mass is 10.1. The van der Waals surface area contributed by atoms with E-state index in [4.69, 9.17) is 0 Å². The summed E-state index contributed by atoms with van der Waals surface area (Å²) in [5, 5.41) is 9.47. The molecular formula is C14H9F3O2S. The Morgan fingerprint density at radius 2 is 1.70 bits per heavy atom. The topological polar surface area (TPSA) is 37.3 Å². The molecule has 0 saturated carbocycles. The van der Waals surface area contributed by atoms with Crippen LogP contribution in [0.4, 0.5) is 13.2 Å². The highest BCUT2D eigenvalue weighted by Gasteiger charge is 2.14. The monoisotopic (exact) mass is 298 g/mol. The molecule has 2 aromatic rings. The molecule has 0 heterocycles. The number of hydrogen-bond acceptors (Lipinski definition) is 3. The first-order valence-electron chi connectivity index (χ1n) is 5.57. The number of thioether (sulfide) groups is 1. The van der Waals surface area contributed by atoms with Crippen LogP contribution in [0, 0.1) is 17.5 Å². The van der Waals surface area contributed by atoms with Gasteiger partial charge in [0.25, 0.3) is 0 Å². The van der Waals surface area contributed by atoms with Gasteiger partial charge in [-0.25, -0.2) is 13.2 Å². The number of benzene rings is 2. The van der Waals surface area contributed by atoms with Crippen LogP contribution < -0.4 is 0 Å². The van der Waals surface area contributed by atoms with Crippen LogP contribution in [0.5, 0.6) is 5.75 Å². The molecule has 1 N–H and O–H groups in total. The largest absolute Gasteiger partial charge is 0.507 e. The second-order valence-electron chi connectivity index (χ2n) is 3.95. The molecular weight excluding hydrogens is 289 g/mol. The number of carbonyl (C=O) groups excluding carboxylic acids is 1. The Morgan fingerprint density at radius 1 is 1.05 bits per heavy atom. The van der Waals surface area contributed by atoms with Crippen molar-refractivity contribution >= 4 is 17.5 Å².